The summed E-state index contributed by atoms with van der Waals surface area (Å²) >= 11 is 0. The lowest BCUT2D eigenvalue weighted by Gasteiger charge is -2.20. The molecule has 3 heteroatoms. The van der Waals surface area contributed by atoms with Gasteiger partial charge in [-0.05, 0) is 37.1 Å². The second-order valence-electron chi connectivity index (χ2n) is 4.56. The summed E-state index contributed by atoms with van der Waals surface area (Å²) in [6.45, 7) is 9.20. The van der Waals surface area contributed by atoms with Crippen LogP contribution in [0.2, 0.25) is 0 Å². The van der Waals surface area contributed by atoms with Crippen molar-refractivity contribution in [1.82, 2.24) is 4.90 Å². The van der Waals surface area contributed by atoms with Crippen LogP contribution in [0.3, 0.4) is 0 Å². The number of rotatable bonds is 6. The maximum Gasteiger partial charge on any atom is 0.0918 e. The molecule has 0 spiro atoms. The fourth-order valence-corrected chi connectivity index (χ4v) is 1.79. The molecule has 0 amide bonds. The zero-order chi connectivity index (χ0) is 12.8. The molecule has 0 atom stereocenters. The highest BCUT2D eigenvalue weighted by Crippen LogP contribution is 2.12. The van der Waals surface area contributed by atoms with Gasteiger partial charge in [0.25, 0.3) is 0 Å². The SMILES string of the molecule is CCN(CCC(=N)N)Cc1ccc(C)c(C)c1. The topological polar surface area (TPSA) is 53.1 Å². The van der Waals surface area contributed by atoms with Gasteiger partial charge in [0.1, 0.15) is 0 Å². The van der Waals surface area contributed by atoms with Gasteiger partial charge < -0.3 is 5.73 Å². The van der Waals surface area contributed by atoms with Crippen molar-refractivity contribution >= 4 is 5.84 Å². The van der Waals surface area contributed by atoms with Crippen molar-refractivity contribution < 1.29 is 0 Å². The predicted octanol–water partition coefficient (Wildman–Crippen LogP) is 2.45. The van der Waals surface area contributed by atoms with Crippen LogP contribution in [0.4, 0.5) is 0 Å². The Morgan fingerprint density at radius 2 is 2.00 bits per heavy atom. The first-order valence-corrected chi connectivity index (χ1v) is 6.14. The van der Waals surface area contributed by atoms with Crippen molar-refractivity contribution in [1.29, 1.82) is 5.41 Å². The first kappa shape index (κ1) is 13.7. The maximum absolute atomic E-state index is 7.26. The van der Waals surface area contributed by atoms with Gasteiger partial charge in [-0.25, -0.2) is 0 Å². The first-order valence-electron chi connectivity index (χ1n) is 6.14. The van der Waals surface area contributed by atoms with Crippen molar-refractivity contribution in [3.05, 3.63) is 34.9 Å². The van der Waals surface area contributed by atoms with Crippen LogP contribution in [0.1, 0.15) is 30.0 Å². The van der Waals surface area contributed by atoms with Gasteiger partial charge in [-0.1, -0.05) is 25.1 Å². The van der Waals surface area contributed by atoms with Crippen LogP contribution in [-0.4, -0.2) is 23.8 Å². The highest BCUT2D eigenvalue weighted by Gasteiger charge is 2.05. The number of benzene rings is 1. The van der Waals surface area contributed by atoms with E-state index in [0.29, 0.717) is 6.42 Å². The highest BCUT2D eigenvalue weighted by atomic mass is 15.1. The van der Waals surface area contributed by atoms with Crippen molar-refractivity contribution in [2.45, 2.75) is 33.7 Å². The number of amidine groups is 1. The summed E-state index contributed by atoms with van der Waals surface area (Å²) in [5, 5.41) is 7.26. The van der Waals surface area contributed by atoms with E-state index in [0.717, 1.165) is 19.6 Å². The number of hydrogen-bond acceptors (Lipinski definition) is 2. The minimum absolute atomic E-state index is 0.267. The largest absolute Gasteiger partial charge is 0.388 e. The Balaban J connectivity index is 2.60. The Bertz CT molecular complexity index is 385. The van der Waals surface area contributed by atoms with Gasteiger partial charge in [0.15, 0.2) is 0 Å². The molecule has 0 radical (unpaired) electrons. The summed E-state index contributed by atoms with van der Waals surface area (Å²) in [7, 11) is 0. The highest BCUT2D eigenvalue weighted by molar-refractivity contribution is 5.76. The third-order valence-corrected chi connectivity index (χ3v) is 3.12. The van der Waals surface area contributed by atoms with E-state index in [9.17, 15) is 0 Å². The average Bonchev–Trinajstić information content (AvgIpc) is 2.28. The van der Waals surface area contributed by atoms with Crippen LogP contribution in [0.25, 0.3) is 0 Å². The second-order valence-corrected chi connectivity index (χ2v) is 4.56. The Morgan fingerprint density at radius 1 is 1.29 bits per heavy atom. The van der Waals surface area contributed by atoms with Gasteiger partial charge >= 0.3 is 0 Å². The van der Waals surface area contributed by atoms with Crippen LogP contribution in [0.5, 0.6) is 0 Å². The standard InChI is InChI=1S/C14H23N3/c1-4-17(8-7-14(15)16)10-13-6-5-11(2)12(3)9-13/h5-6,9H,4,7-8,10H2,1-3H3,(H3,15,16). The van der Waals surface area contributed by atoms with E-state index in [1.54, 1.807) is 0 Å². The Labute approximate surface area is 104 Å². The molecule has 3 nitrogen and oxygen atoms in total. The van der Waals surface area contributed by atoms with E-state index in [2.05, 4.69) is 43.9 Å². The van der Waals surface area contributed by atoms with Gasteiger partial charge in [-0.3, -0.25) is 10.3 Å². The molecule has 0 aliphatic heterocycles. The molecule has 17 heavy (non-hydrogen) atoms. The van der Waals surface area contributed by atoms with Crippen molar-refractivity contribution in [3.8, 4) is 0 Å². The minimum atomic E-state index is 0.267. The lowest BCUT2D eigenvalue weighted by molar-refractivity contribution is 0.288. The minimum Gasteiger partial charge on any atom is -0.388 e. The molecule has 1 rings (SSSR count). The summed E-state index contributed by atoms with van der Waals surface area (Å²) in [5.74, 6) is 0.267. The molecule has 0 unspecified atom stereocenters. The fourth-order valence-electron chi connectivity index (χ4n) is 1.79. The molecule has 0 aliphatic carbocycles. The van der Waals surface area contributed by atoms with Gasteiger partial charge in [-0.15, -0.1) is 0 Å². The number of nitrogens with one attached hydrogen (secondary N) is 1. The molecule has 3 N–H and O–H groups in total. The number of nitrogens with zero attached hydrogens (tertiary/aromatic N) is 1. The third-order valence-electron chi connectivity index (χ3n) is 3.12. The Morgan fingerprint density at radius 3 is 2.53 bits per heavy atom. The molecule has 0 fully saturated rings. The smallest absolute Gasteiger partial charge is 0.0918 e. The molecule has 0 bridgehead atoms. The lowest BCUT2D eigenvalue weighted by Crippen LogP contribution is -2.27. The quantitative estimate of drug-likeness (QED) is 0.586. The van der Waals surface area contributed by atoms with E-state index in [-0.39, 0.29) is 5.84 Å². The monoisotopic (exact) mass is 233 g/mol. The molecular weight excluding hydrogens is 210 g/mol. The summed E-state index contributed by atoms with van der Waals surface area (Å²) in [6, 6.07) is 6.59. The van der Waals surface area contributed by atoms with Crippen LogP contribution in [-0.2, 0) is 6.54 Å². The van der Waals surface area contributed by atoms with Crippen LogP contribution in [0.15, 0.2) is 18.2 Å². The Kier molecular flexibility index (Phi) is 5.16. The zero-order valence-electron chi connectivity index (χ0n) is 11.1. The third kappa shape index (κ3) is 4.57. The van der Waals surface area contributed by atoms with E-state index in [4.69, 9.17) is 11.1 Å². The molecule has 0 aromatic heterocycles. The van der Waals surface area contributed by atoms with Crippen LogP contribution < -0.4 is 5.73 Å². The summed E-state index contributed by atoms with van der Waals surface area (Å²) in [6.07, 6.45) is 0.651. The van der Waals surface area contributed by atoms with E-state index in [1.807, 2.05) is 0 Å². The van der Waals surface area contributed by atoms with Crippen molar-refractivity contribution in [2.75, 3.05) is 13.1 Å². The summed E-state index contributed by atoms with van der Waals surface area (Å²) in [4.78, 5) is 2.31. The second kappa shape index (κ2) is 6.40. The summed E-state index contributed by atoms with van der Waals surface area (Å²) < 4.78 is 0. The number of hydrogen-bond donors (Lipinski definition) is 2. The molecule has 0 saturated carbocycles. The van der Waals surface area contributed by atoms with Gasteiger partial charge in [0.2, 0.25) is 0 Å². The molecule has 1 aromatic carbocycles. The number of aryl methyl sites for hydroxylation is 2. The van der Waals surface area contributed by atoms with E-state index in [1.165, 1.54) is 16.7 Å². The van der Waals surface area contributed by atoms with Gasteiger partial charge in [-0.2, -0.15) is 0 Å². The zero-order valence-corrected chi connectivity index (χ0v) is 11.1. The molecular formula is C14H23N3. The first-order chi connectivity index (χ1) is 8.02. The molecule has 0 heterocycles. The van der Waals surface area contributed by atoms with Gasteiger partial charge in [0, 0.05) is 19.5 Å². The molecule has 0 saturated heterocycles. The van der Waals surface area contributed by atoms with Crippen molar-refractivity contribution in [3.63, 3.8) is 0 Å². The maximum atomic E-state index is 7.26. The Hall–Kier alpha value is -1.35. The molecule has 0 aliphatic rings. The van der Waals surface area contributed by atoms with E-state index < -0.39 is 0 Å². The molecule has 1 aromatic rings. The normalized spacial score (nSPS) is 10.8. The van der Waals surface area contributed by atoms with Gasteiger partial charge in [0.05, 0.1) is 5.84 Å². The van der Waals surface area contributed by atoms with E-state index >= 15 is 0 Å². The van der Waals surface area contributed by atoms with Crippen molar-refractivity contribution in [2.24, 2.45) is 5.73 Å². The number of nitrogens with two attached hydrogens (primary N) is 1. The molecule has 94 valence electrons. The summed E-state index contributed by atoms with van der Waals surface area (Å²) in [5.41, 5.74) is 9.39. The fraction of sp³-hybridized carbons (Fsp3) is 0.500. The lowest BCUT2D eigenvalue weighted by atomic mass is 10.1. The average molecular weight is 233 g/mol. The van der Waals surface area contributed by atoms with Crippen LogP contribution in [0, 0.1) is 19.3 Å². The van der Waals surface area contributed by atoms with Crippen LogP contribution >= 0.6 is 0 Å². The predicted molar refractivity (Wildman–Crippen MR) is 73.4 cm³/mol.